The van der Waals surface area contributed by atoms with Crippen molar-refractivity contribution in [1.82, 2.24) is 0 Å². The van der Waals surface area contributed by atoms with Crippen molar-refractivity contribution in [3.63, 3.8) is 0 Å². The molecule has 0 spiro atoms. The van der Waals surface area contributed by atoms with Crippen LogP contribution in [0.3, 0.4) is 0 Å². The highest BCUT2D eigenvalue weighted by Gasteiger charge is 2.37. The molecule has 3 aromatic carbocycles. The maximum absolute atomic E-state index is 13.1. The summed E-state index contributed by atoms with van der Waals surface area (Å²) in [5, 5.41) is 0. The van der Waals surface area contributed by atoms with Crippen LogP contribution in [-0.2, 0) is 21.7 Å². The second-order valence-corrected chi connectivity index (χ2v) is 15.8. The average Bonchev–Trinajstić information content (AvgIpc) is 3.52. The predicted octanol–water partition coefficient (Wildman–Crippen LogP) is 9.26. The van der Waals surface area contributed by atoms with Gasteiger partial charge in [0.25, 0.3) is 0 Å². The molecule has 0 aliphatic rings. The Morgan fingerprint density at radius 3 is 0.853 bits per heavy atom. The van der Waals surface area contributed by atoms with Gasteiger partial charge in [0.05, 0.1) is 0 Å². The molecule has 0 aliphatic carbocycles. The molecular formula is C30H40O2P2. The van der Waals surface area contributed by atoms with Crippen LogP contribution in [0.4, 0.5) is 0 Å². The van der Waals surface area contributed by atoms with Gasteiger partial charge in [-0.05, 0) is 84.6 Å². The van der Waals surface area contributed by atoms with E-state index in [1.54, 1.807) is 0 Å². The highest BCUT2D eigenvalue weighted by molar-refractivity contribution is 7.52. The van der Waals surface area contributed by atoms with Crippen molar-refractivity contribution in [3.05, 3.63) is 67.5 Å². The molecule has 0 radical (unpaired) electrons. The van der Waals surface area contributed by atoms with Gasteiger partial charge in [-0.3, -0.25) is 9.59 Å². The second kappa shape index (κ2) is 8.50. The zero-order valence-electron chi connectivity index (χ0n) is 23.0. The molecule has 0 saturated carbocycles. The van der Waals surface area contributed by atoms with Crippen LogP contribution in [0.1, 0.15) is 126 Å². The third kappa shape index (κ3) is 5.61. The summed E-state index contributed by atoms with van der Waals surface area (Å²) in [5.41, 5.74) is 7.10. The second-order valence-electron chi connectivity index (χ2n) is 13.6. The first kappa shape index (κ1) is 27.0. The van der Waals surface area contributed by atoms with Crippen molar-refractivity contribution in [1.29, 1.82) is 0 Å². The van der Waals surface area contributed by atoms with Gasteiger partial charge in [-0.25, -0.2) is 0 Å². The molecule has 0 bridgehead atoms. The lowest BCUT2D eigenvalue weighted by molar-refractivity contribution is 0.107. The number of hydrogen-bond donors (Lipinski definition) is 0. The zero-order chi connectivity index (χ0) is 26.0. The Balaban J connectivity index is 1.88. The molecule has 182 valence electrons. The molecule has 0 atom stereocenters. The molecule has 4 heteroatoms. The number of benzene rings is 1. The van der Waals surface area contributed by atoms with Crippen LogP contribution < -0.4 is 0 Å². The van der Waals surface area contributed by atoms with E-state index in [9.17, 15) is 9.59 Å². The minimum atomic E-state index is 0.0485. The summed E-state index contributed by atoms with van der Waals surface area (Å²) in [4.78, 5) is 28.5. The lowest BCUT2D eigenvalue weighted by Crippen LogP contribution is -2.12. The quantitative estimate of drug-likeness (QED) is 0.339. The largest absolute Gasteiger partial charge is 0.284 e. The molecule has 0 amide bonds. The van der Waals surface area contributed by atoms with Crippen molar-refractivity contribution in [3.8, 4) is 0 Å². The number of carbonyl (C=O) groups excluding carboxylic acids is 2. The normalized spacial score (nSPS) is 14.0. The summed E-state index contributed by atoms with van der Waals surface area (Å²) in [5.74, 6) is 0. The fraction of sp³-hybridized carbons (Fsp3) is 0.533. The van der Waals surface area contributed by atoms with Gasteiger partial charge in [-0.15, -0.1) is 0 Å². The first-order valence-electron chi connectivity index (χ1n) is 12.1. The lowest BCUT2D eigenvalue weighted by atomic mass is 9.86. The van der Waals surface area contributed by atoms with E-state index >= 15 is 0 Å². The van der Waals surface area contributed by atoms with E-state index in [1.807, 2.05) is 24.3 Å². The molecule has 0 N–H and O–H groups in total. The Bertz CT molecular complexity index is 1120. The van der Waals surface area contributed by atoms with E-state index < -0.39 is 0 Å². The van der Waals surface area contributed by atoms with E-state index in [1.165, 1.54) is 32.1 Å². The third-order valence-corrected chi connectivity index (χ3v) is 8.39. The molecule has 3 aromatic rings. The Morgan fingerprint density at radius 2 is 0.676 bits per heavy atom. The highest BCUT2D eigenvalue weighted by Crippen LogP contribution is 2.48. The van der Waals surface area contributed by atoms with Crippen molar-refractivity contribution < 1.29 is 9.59 Å². The summed E-state index contributed by atoms with van der Waals surface area (Å²) < 4.78 is 0. The van der Waals surface area contributed by atoms with E-state index in [4.69, 9.17) is 0 Å². The van der Waals surface area contributed by atoms with Crippen LogP contribution in [0.25, 0.3) is 0 Å². The van der Waals surface area contributed by atoms with Gasteiger partial charge in [0, 0.05) is 21.0 Å². The van der Waals surface area contributed by atoms with E-state index in [2.05, 4.69) is 83.1 Å². The Morgan fingerprint density at radius 1 is 0.471 bits per heavy atom. The fourth-order valence-electron chi connectivity index (χ4n) is 4.59. The van der Waals surface area contributed by atoms with Crippen LogP contribution in [0.15, 0.2) is 24.3 Å². The summed E-state index contributed by atoms with van der Waals surface area (Å²) in [7, 11) is 1.48. The summed E-state index contributed by atoms with van der Waals surface area (Å²) >= 11 is 0. The van der Waals surface area contributed by atoms with Gasteiger partial charge < -0.3 is 0 Å². The molecular weight excluding hydrogens is 454 g/mol. The van der Waals surface area contributed by atoms with E-state index in [0.29, 0.717) is 11.1 Å². The molecule has 2 nitrogen and oxygen atoms in total. The summed E-state index contributed by atoms with van der Waals surface area (Å²) in [6.07, 6.45) is 0. The van der Waals surface area contributed by atoms with Gasteiger partial charge in [-0.1, -0.05) is 83.1 Å². The molecule has 34 heavy (non-hydrogen) atoms. The number of carbonyl (C=O) groups is 2. The Labute approximate surface area is 209 Å². The van der Waals surface area contributed by atoms with Crippen molar-refractivity contribution in [2.45, 2.75) is 105 Å². The van der Waals surface area contributed by atoms with Crippen LogP contribution in [-0.4, -0.2) is 11.0 Å². The third-order valence-electron chi connectivity index (χ3n) is 6.13. The summed E-state index contributed by atoms with van der Waals surface area (Å²) in [6, 6.07) is 7.26. The predicted molar refractivity (Wildman–Crippen MR) is 148 cm³/mol. The fourth-order valence-corrected chi connectivity index (χ4v) is 7.67. The van der Waals surface area contributed by atoms with Crippen LogP contribution in [0.5, 0.6) is 0 Å². The molecule has 0 aliphatic heterocycles. The molecule has 0 unspecified atom stereocenters. The van der Waals surface area contributed by atoms with Crippen molar-refractivity contribution in [2.24, 2.45) is 0 Å². The zero-order valence-corrected chi connectivity index (χ0v) is 24.8. The van der Waals surface area contributed by atoms with Crippen LogP contribution in [0, 0.1) is 9.88 Å². The molecule has 0 aromatic heterocycles. The van der Waals surface area contributed by atoms with Gasteiger partial charge in [0.2, 0.25) is 11.0 Å². The number of hydrogen-bond acceptors (Lipinski definition) is 2. The Hall–Kier alpha value is -1.62. The van der Waals surface area contributed by atoms with Gasteiger partial charge >= 0.3 is 0 Å². The smallest absolute Gasteiger partial charge is 0.212 e. The average molecular weight is 495 g/mol. The maximum Gasteiger partial charge on any atom is 0.212 e. The van der Waals surface area contributed by atoms with Gasteiger partial charge in [0.15, 0.2) is 0 Å². The molecule has 3 rings (SSSR count). The molecule has 0 heterocycles. The Kier molecular flexibility index (Phi) is 6.74. The number of rotatable bonds is 4. The minimum Gasteiger partial charge on any atom is -0.284 e. The van der Waals surface area contributed by atoms with E-state index in [-0.39, 0.29) is 32.7 Å². The topological polar surface area (TPSA) is 34.1 Å². The maximum atomic E-state index is 13.1. The van der Waals surface area contributed by atoms with Gasteiger partial charge in [-0.2, -0.15) is 0 Å². The first-order chi connectivity index (χ1) is 15.2. The standard InChI is InChI=1S/C30H40O2P2/c1-27(2,3)19-20(28(4,5)6)23(19)33-25(31)17-13-15-18(16-14-17)26(32)34-24-21(29(7,8)9)22(24)30(10,11)12/h13-16H,1-12H3. The monoisotopic (exact) mass is 494 g/mol. The molecule has 0 fully saturated rings. The van der Waals surface area contributed by atoms with E-state index in [0.717, 1.165) is 16.4 Å². The highest BCUT2D eigenvalue weighted by atomic mass is 31.1. The SMILES string of the molecule is CC(C)(C)c1c(C(C)(C)C)c1=PC(=O)c1ccc(C(=O)P=c2c(C(C)(C)C)c2C(C)(C)C)cc1. The lowest BCUT2D eigenvalue weighted by Gasteiger charge is -2.18. The van der Waals surface area contributed by atoms with Crippen molar-refractivity contribution >= 4 is 27.5 Å². The van der Waals surface area contributed by atoms with Crippen molar-refractivity contribution in [2.75, 3.05) is 0 Å². The summed E-state index contributed by atoms with van der Waals surface area (Å²) in [6.45, 7) is 26.5. The van der Waals surface area contributed by atoms with Crippen LogP contribution in [0.2, 0.25) is 0 Å². The minimum absolute atomic E-state index is 0.0485. The first-order valence-corrected chi connectivity index (χ1v) is 13.9. The molecule has 0 saturated heterocycles. The van der Waals surface area contributed by atoms with Crippen LogP contribution >= 0.6 is 16.4 Å². The van der Waals surface area contributed by atoms with Gasteiger partial charge in [0.1, 0.15) is 0 Å².